The molecule has 8 rings (SSSR count). The number of hydrogen-bond donors (Lipinski definition) is 2. The van der Waals surface area contributed by atoms with Gasteiger partial charge in [0, 0.05) is 49.2 Å². The number of carbonyl (C=O) groups is 1. The van der Waals surface area contributed by atoms with Crippen LogP contribution >= 0.6 is 0 Å². The van der Waals surface area contributed by atoms with Crippen molar-refractivity contribution in [2.45, 2.75) is 87.5 Å². The number of pyridine rings is 1. The quantitative estimate of drug-likeness (QED) is 0.0277. The van der Waals surface area contributed by atoms with Gasteiger partial charge >= 0.3 is 0 Å². The molecule has 5 aromatic rings. The molecule has 68 heavy (non-hydrogen) atoms. The number of oxime groups is 1. The maximum atomic E-state index is 15.6. The third-order valence-corrected chi connectivity index (χ3v) is 15.4. The third-order valence-electron chi connectivity index (χ3n) is 13.4. The molecule has 1 aliphatic heterocycles. The van der Waals surface area contributed by atoms with Crippen LogP contribution in [0.4, 0.5) is 0 Å². The number of para-hydroxylation sites is 1. The van der Waals surface area contributed by atoms with Crippen molar-refractivity contribution in [1.29, 1.82) is 0 Å². The van der Waals surface area contributed by atoms with Crippen LogP contribution in [0, 0.1) is 17.8 Å². The SMILES string of the molecule is C=CCOC12Oc3ccc(Oc4ccc(OC)c(C=O)c4)cc3C3C(CCCCO)C(CCCCO)C=C(C(=NOCc4ccccc4)CC1N(CCC)S(=O)(=O)c1cccc4cccnc14)C32. The number of sulfonamides is 1. The molecular formula is C54H61N3O10S. The number of rotatable bonds is 23. The molecule has 0 amide bonds. The first-order valence-electron chi connectivity index (χ1n) is 23.6. The second kappa shape index (κ2) is 22.0. The zero-order valence-corrected chi connectivity index (χ0v) is 39.6. The summed E-state index contributed by atoms with van der Waals surface area (Å²) < 4.78 is 59.2. The molecule has 3 aliphatic rings. The number of nitrogens with zero attached hydrogens (tertiary/aromatic N) is 3. The zero-order chi connectivity index (χ0) is 47.7. The van der Waals surface area contributed by atoms with Crippen molar-refractivity contribution in [2.75, 3.05) is 33.5 Å². The van der Waals surface area contributed by atoms with Gasteiger partial charge in [0.2, 0.25) is 15.8 Å². The fraction of sp³-hybridized carbons (Fsp3) is 0.389. The smallest absolute Gasteiger partial charge is 0.245 e. The van der Waals surface area contributed by atoms with Gasteiger partial charge in [-0.1, -0.05) is 85.6 Å². The third kappa shape index (κ3) is 9.83. The number of aliphatic hydroxyl groups excluding tert-OH is 2. The summed E-state index contributed by atoms with van der Waals surface area (Å²) in [5.41, 5.74) is 3.90. The molecule has 2 N–H and O–H groups in total. The summed E-state index contributed by atoms with van der Waals surface area (Å²) in [4.78, 5) is 22.9. The predicted molar refractivity (Wildman–Crippen MR) is 261 cm³/mol. The number of aldehydes is 1. The lowest BCUT2D eigenvalue weighted by atomic mass is 9.55. The van der Waals surface area contributed by atoms with Gasteiger partial charge in [0.15, 0.2) is 6.29 Å². The lowest BCUT2D eigenvalue weighted by molar-refractivity contribution is -0.251. The van der Waals surface area contributed by atoms with E-state index in [1.807, 2.05) is 61.5 Å². The normalized spacial score (nSPS) is 22.5. The minimum absolute atomic E-state index is 0.0195. The Morgan fingerprint density at radius 3 is 2.46 bits per heavy atom. The Labute approximate surface area is 399 Å². The van der Waals surface area contributed by atoms with Crippen molar-refractivity contribution >= 4 is 32.9 Å². The molecule has 4 aromatic carbocycles. The fourth-order valence-corrected chi connectivity index (χ4v) is 12.4. The van der Waals surface area contributed by atoms with E-state index in [4.69, 9.17) is 28.9 Å². The number of fused-ring (bicyclic) bond motifs is 3. The molecule has 358 valence electrons. The van der Waals surface area contributed by atoms with E-state index in [1.165, 1.54) is 11.4 Å². The van der Waals surface area contributed by atoms with E-state index in [2.05, 4.69) is 17.6 Å². The largest absolute Gasteiger partial charge is 0.496 e. The average Bonchev–Trinajstić information content (AvgIpc) is 3.36. The zero-order valence-electron chi connectivity index (χ0n) is 38.7. The van der Waals surface area contributed by atoms with Crippen LogP contribution in [0.25, 0.3) is 10.9 Å². The van der Waals surface area contributed by atoms with E-state index in [1.54, 1.807) is 54.7 Å². The summed E-state index contributed by atoms with van der Waals surface area (Å²) in [5.74, 6) is -0.836. The molecule has 0 spiro atoms. The van der Waals surface area contributed by atoms with Gasteiger partial charge in [0.25, 0.3) is 0 Å². The molecule has 1 saturated carbocycles. The number of allylic oxidation sites excluding steroid dienone is 1. The summed E-state index contributed by atoms with van der Waals surface area (Å²) in [7, 11) is -2.83. The molecule has 0 radical (unpaired) electrons. The van der Waals surface area contributed by atoms with Gasteiger partial charge in [-0.25, -0.2) is 8.42 Å². The van der Waals surface area contributed by atoms with E-state index >= 15 is 8.42 Å². The molecule has 14 heteroatoms. The Hall–Kier alpha value is -5.90. The number of benzene rings is 4. The first-order chi connectivity index (χ1) is 33.2. The molecule has 0 saturated heterocycles. The van der Waals surface area contributed by atoms with Crippen LogP contribution in [-0.2, 0) is 26.2 Å². The Balaban J connectivity index is 1.36. The van der Waals surface area contributed by atoms with E-state index in [9.17, 15) is 15.0 Å². The summed E-state index contributed by atoms with van der Waals surface area (Å²) in [6, 6.07) is 28.3. The Morgan fingerprint density at radius 1 is 0.941 bits per heavy atom. The average molecular weight is 944 g/mol. The van der Waals surface area contributed by atoms with Gasteiger partial charge in [0.05, 0.1) is 42.5 Å². The minimum Gasteiger partial charge on any atom is -0.496 e. The van der Waals surface area contributed by atoms with E-state index < -0.39 is 27.8 Å². The molecule has 6 unspecified atom stereocenters. The van der Waals surface area contributed by atoms with Crippen LogP contribution in [0.2, 0.25) is 0 Å². The first-order valence-corrected chi connectivity index (χ1v) is 25.1. The number of hydrogen-bond acceptors (Lipinski definition) is 12. The molecule has 2 aliphatic carbocycles. The van der Waals surface area contributed by atoms with Crippen LogP contribution in [0.5, 0.6) is 23.0 Å². The van der Waals surface area contributed by atoms with Gasteiger partial charge in [0.1, 0.15) is 34.5 Å². The topological polar surface area (TPSA) is 166 Å². The summed E-state index contributed by atoms with van der Waals surface area (Å²) in [5, 5.41) is 25.7. The van der Waals surface area contributed by atoms with E-state index in [0.717, 1.165) is 48.7 Å². The number of carbonyl (C=O) groups excluding carboxylic acids is 1. The highest BCUT2D eigenvalue weighted by Gasteiger charge is 2.66. The summed E-state index contributed by atoms with van der Waals surface area (Å²) in [6.45, 7) is 6.45. The Bertz CT molecular complexity index is 2720. The fourth-order valence-electron chi connectivity index (χ4n) is 10.5. The van der Waals surface area contributed by atoms with Crippen molar-refractivity contribution in [3.8, 4) is 23.0 Å². The molecule has 6 atom stereocenters. The monoisotopic (exact) mass is 943 g/mol. The molecular weight excluding hydrogens is 883 g/mol. The Morgan fingerprint density at radius 2 is 1.71 bits per heavy atom. The van der Waals surface area contributed by atoms with Crippen molar-refractivity contribution in [1.82, 2.24) is 9.29 Å². The van der Waals surface area contributed by atoms with Crippen molar-refractivity contribution in [3.63, 3.8) is 0 Å². The number of ether oxygens (including phenoxy) is 4. The maximum Gasteiger partial charge on any atom is 0.245 e. The van der Waals surface area contributed by atoms with Gasteiger partial charge in [-0.2, -0.15) is 4.31 Å². The maximum absolute atomic E-state index is 15.6. The standard InChI is InChI=1S/C54H61N3O10S/c1-4-27-57(68(61,62)49-21-13-18-38-19-14-26-55-53(38)49)50-34-46(56-65-36-37-15-7-6-8-16-37)44-32-39(17-9-11-28-58)43(20-10-12-29-59)51-45-33-42(66-41-22-24-47(63-3)40(31-41)35-60)23-25-48(45)67-54(50,52(44)51)64-30-5-2/h5-8,13-16,18-19,21-26,31-33,35,39,43,50-52,58-59H,2,4,9-12,17,20,27-30,34,36H2,1,3H3. The summed E-state index contributed by atoms with van der Waals surface area (Å²) >= 11 is 0. The van der Waals surface area contributed by atoms with Crippen LogP contribution in [0.15, 0.2) is 138 Å². The highest BCUT2D eigenvalue weighted by Crippen LogP contribution is 2.62. The molecule has 13 nitrogen and oxygen atoms in total. The highest BCUT2D eigenvalue weighted by molar-refractivity contribution is 7.89. The highest BCUT2D eigenvalue weighted by atomic mass is 32.2. The number of aromatic nitrogens is 1. The lowest BCUT2D eigenvalue weighted by Gasteiger charge is -2.59. The predicted octanol–water partition coefficient (Wildman–Crippen LogP) is 9.78. The number of methoxy groups -OCH3 is 1. The van der Waals surface area contributed by atoms with Crippen LogP contribution in [0.1, 0.15) is 85.7 Å². The van der Waals surface area contributed by atoms with Gasteiger partial charge in [-0.3, -0.25) is 9.78 Å². The first kappa shape index (κ1) is 48.6. The molecule has 1 fully saturated rings. The van der Waals surface area contributed by atoms with Gasteiger partial charge in [-0.05, 0) is 104 Å². The van der Waals surface area contributed by atoms with Crippen molar-refractivity contribution < 1.29 is 47.2 Å². The number of unbranched alkanes of at least 4 members (excludes halogenated alkanes) is 2. The Kier molecular flexibility index (Phi) is 15.7. The van der Waals surface area contributed by atoms with Crippen LogP contribution in [0.3, 0.4) is 0 Å². The number of aliphatic hydroxyl groups is 2. The minimum atomic E-state index is -4.34. The van der Waals surface area contributed by atoms with Crippen LogP contribution < -0.4 is 14.2 Å². The van der Waals surface area contributed by atoms with Crippen molar-refractivity contribution in [3.05, 3.63) is 144 Å². The van der Waals surface area contributed by atoms with Gasteiger partial charge < -0.3 is 34.0 Å². The second-order valence-corrected chi connectivity index (χ2v) is 19.5. The second-order valence-electron chi connectivity index (χ2n) is 17.6. The lowest BCUT2D eigenvalue weighted by Crippen LogP contribution is -2.70. The molecule has 2 heterocycles. The van der Waals surface area contributed by atoms with Crippen molar-refractivity contribution in [2.24, 2.45) is 22.9 Å². The summed E-state index contributed by atoms with van der Waals surface area (Å²) in [6.07, 6.45) is 11.0. The molecule has 0 bridgehead atoms. The van der Waals surface area contributed by atoms with Gasteiger partial charge in [-0.15, -0.1) is 6.58 Å². The van der Waals surface area contributed by atoms with Crippen LogP contribution in [-0.4, -0.2) is 85.2 Å². The molecule has 1 aromatic heterocycles. The van der Waals surface area contributed by atoms with E-state index in [0.29, 0.717) is 64.4 Å². The van der Waals surface area contributed by atoms with E-state index in [-0.39, 0.29) is 62.0 Å².